The standard InChI is InChI=1S/C15H13NO3/c17-15(18)9-7-13-6-8-14(10-16-13)19-11-12-4-2-1-3-5-12/h1-10H,11H2,(H,17,18)/b9-7+. The number of benzene rings is 1. The largest absolute Gasteiger partial charge is 0.487 e. The molecule has 2 aromatic rings. The van der Waals surface area contributed by atoms with Gasteiger partial charge in [0.1, 0.15) is 12.4 Å². The van der Waals surface area contributed by atoms with Crippen LogP contribution in [0.4, 0.5) is 0 Å². The molecule has 0 saturated carbocycles. The Labute approximate surface area is 111 Å². The molecule has 1 aromatic heterocycles. The van der Waals surface area contributed by atoms with Gasteiger partial charge in [0.15, 0.2) is 0 Å². The van der Waals surface area contributed by atoms with Crippen molar-refractivity contribution in [1.82, 2.24) is 4.98 Å². The number of nitrogens with zero attached hydrogens (tertiary/aromatic N) is 1. The highest BCUT2D eigenvalue weighted by Gasteiger charge is 1.97. The minimum atomic E-state index is -0.994. The van der Waals surface area contributed by atoms with E-state index in [2.05, 4.69) is 4.98 Å². The van der Waals surface area contributed by atoms with Gasteiger partial charge in [0.05, 0.1) is 11.9 Å². The third-order valence-electron chi connectivity index (χ3n) is 2.40. The molecule has 0 atom stereocenters. The van der Waals surface area contributed by atoms with Crippen molar-refractivity contribution in [3.8, 4) is 5.75 Å². The van der Waals surface area contributed by atoms with Gasteiger partial charge < -0.3 is 9.84 Å². The van der Waals surface area contributed by atoms with Crippen molar-refractivity contribution in [2.45, 2.75) is 6.61 Å². The van der Waals surface area contributed by atoms with Gasteiger partial charge in [-0.15, -0.1) is 0 Å². The van der Waals surface area contributed by atoms with Crippen LogP contribution in [0.2, 0.25) is 0 Å². The van der Waals surface area contributed by atoms with Crippen LogP contribution in [0.5, 0.6) is 5.75 Å². The first kappa shape index (κ1) is 12.8. The van der Waals surface area contributed by atoms with Crippen LogP contribution in [0.1, 0.15) is 11.3 Å². The summed E-state index contributed by atoms with van der Waals surface area (Å²) in [7, 11) is 0. The lowest BCUT2D eigenvalue weighted by Gasteiger charge is -2.05. The summed E-state index contributed by atoms with van der Waals surface area (Å²) in [4.78, 5) is 14.4. The monoisotopic (exact) mass is 255 g/mol. The molecule has 4 nitrogen and oxygen atoms in total. The first-order valence-corrected chi connectivity index (χ1v) is 5.78. The predicted octanol–water partition coefficient (Wildman–Crippen LogP) is 2.76. The highest BCUT2D eigenvalue weighted by molar-refractivity contribution is 5.84. The lowest BCUT2D eigenvalue weighted by atomic mass is 10.2. The van der Waals surface area contributed by atoms with Gasteiger partial charge >= 0.3 is 5.97 Å². The van der Waals surface area contributed by atoms with E-state index in [9.17, 15) is 4.79 Å². The molecule has 2 rings (SSSR count). The molecular formula is C15H13NO3. The van der Waals surface area contributed by atoms with Crippen LogP contribution in [-0.2, 0) is 11.4 Å². The Morgan fingerprint density at radius 2 is 2.00 bits per heavy atom. The molecule has 0 aliphatic carbocycles. The first-order chi connectivity index (χ1) is 9.24. The maximum Gasteiger partial charge on any atom is 0.328 e. The zero-order valence-corrected chi connectivity index (χ0v) is 10.2. The summed E-state index contributed by atoms with van der Waals surface area (Å²) < 4.78 is 5.57. The zero-order valence-electron chi connectivity index (χ0n) is 10.2. The van der Waals surface area contributed by atoms with Crippen LogP contribution < -0.4 is 4.74 Å². The van der Waals surface area contributed by atoms with E-state index in [0.29, 0.717) is 18.1 Å². The summed E-state index contributed by atoms with van der Waals surface area (Å²) in [5.41, 5.74) is 1.66. The Balaban J connectivity index is 1.94. The maximum atomic E-state index is 10.4. The molecule has 0 spiro atoms. The van der Waals surface area contributed by atoms with Crippen LogP contribution in [-0.4, -0.2) is 16.1 Å². The molecule has 0 bridgehead atoms. The van der Waals surface area contributed by atoms with Crippen molar-refractivity contribution >= 4 is 12.0 Å². The Bertz CT molecular complexity index is 562. The minimum absolute atomic E-state index is 0.479. The molecule has 96 valence electrons. The van der Waals surface area contributed by atoms with Gasteiger partial charge in [0.25, 0.3) is 0 Å². The summed E-state index contributed by atoms with van der Waals surface area (Å²) in [6, 6.07) is 13.3. The number of carboxylic acid groups (broad SMARTS) is 1. The number of carboxylic acids is 1. The second-order valence-corrected chi connectivity index (χ2v) is 3.86. The predicted molar refractivity (Wildman–Crippen MR) is 71.7 cm³/mol. The van der Waals surface area contributed by atoms with E-state index in [4.69, 9.17) is 9.84 Å². The smallest absolute Gasteiger partial charge is 0.328 e. The summed E-state index contributed by atoms with van der Waals surface area (Å²) in [5, 5.41) is 8.50. The van der Waals surface area contributed by atoms with Crippen LogP contribution in [0, 0.1) is 0 Å². The van der Waals surface area contributed by atoms with Crippen LogP contribution >= 0.6 is 0 Å². The molecule has 1 heterocycles. The molecule has 0 saturated heterocycles. The van der Waals surface area contributed by atoms with Crippen molar-refractivity contribution in [3.05, 3.63) is 66.0 Å². The Kier molecular flexibility index (Phi) is 4.29. The number of hydrogen-bond acceptors (Lipinski definition) is 3. The van der Waals surface area contributed by atoms with Crippen molar-refractivity contribution < 1.29 is 14.6 Å². The van der Waals surface area contributed by atoms with Crippen molar-refractivity contribution in [1.29, 1.82) is 0 Å². The Morgan fingerprint density at radius 1 is 1.21 bits per heavy atom. The Hall–Kier alpha value is -2.62. The molecule has 0 amide bonds. The van der Waals surface area contributed by atoms with Gasteiger partial charge in [0.2, 0.25) is 0 Å². The van der Waals surface area contributed by atoms with E-state index in [1.165, 1.54) is 6.08 Å². The minimum Gasteiger partial charge on any atom is -0.487 e. The van der Waals surface area contributed by atoms with Crippen LogP contribution in [0.25, 0.3) is 6.08 Å². The molecule has 0 unspecified atom stereocenters. The quantitative estimate of drug-likeness (QED) is 0.834. The third kappa shape index (κ3) is 4.27. The number of aromatic nitrogens is 1. The van der Waals surface area contributed by atoms with Gasteiger partial charge in [-0.2, -0.15) is 0 Å². The van der Waals surface area contributed by atoms with E-state index < -0.39 is 5.97 Å². The SMILES string of the molecule is O=C(O)/C=C/c1ccc(OCc2ccccc2)cn1. The summed E-state index contributed by atoms with van der Waals surface area (Å²) in [6.45, 7) is 0.479. The highest BCUT2D eigenvalue weighted by Crippen LogP contribution is 2.12. The van der Waals surface area contributed by atoms with E-state index in [1.807, 2.05) is 30.3 Å². The average molecular weight is 255 g/mol. The molecule has 0 radical (unpaired) electrons. The maximum absolute atomic E-state index is 10.4. The number of pyridine rings is 1. The molecular weight excluding hydrogens is 242 g/mol. The van der Waals surface area contributed by atoms with Gasteiger partial charge in [-0.1, -0.05) is 30.3 Å². The summed E-state index contributed by atoms with van der Waals surface area (Å²) in [6.07, 6.45) is 4.06. The van der Waals surface area contributed by atoms with Gasteiger partial charge in [0, 0.05) is 6.08 Å². The molecule has 4 heteroatoms. The van der Waals surface area contributed by atoms with E-state index in [-0.39, 0.29) is 0 Å². The van der Waals surface area contributed by atoms with E-state index in [1.54, 1.807) is 18.3 Å². The number of hydrogen-bond donors (Lipinski definition) is 1. The number of ether oxygens (including phenoxy) is 1. The highest BCUT2D eigenvalue weighted by atomic mass is 16.5. The van der Waals surface area contributed by atoms with E-state index >= 15 is 0 Å². The van der Waals surface area contributed by atoms with Gasteiger partial charge in [-0.25, -0.2) is 4.79 Å². The van der Waals surface area contributed by atoms with Crippen LogP contribution in [0.3, 0.4) is 0 Å². The fraction of sp³-hybridized carbons (Fsp3) is 0.0667. The van der Waals surface area contributed by atoms with Crippen molar-refractivity contribution in [3.63, 3.8) is 0 Å². The average Bonchev–Trinajstić information content (AvgIpc) is 2.45. The van der Waals surface area contributed by atoms with Gasteiger partial charge in [-0.3, -0.25) is 4.98 Å². The Morgan fingerprint density at radius 3 is 2.63 bits per heavy atom. The normalized spacial score (nSPS) is 10.5. The molecule has 0 aliphatic rings. The molecule has 1 aromatic carbocycles. The number of carbonyl (C=O) groups is 1. The number of rotatable bonds is 5. The molecule has 1 N–H and O–H groups in total. The lowest BCUT2D eigenvalue weighted by Crippen LogP contribution is -1.95. The van der Waals surface area contributed by atoms with Crippen LogP contribution in [0.15, 0.2) is 54.7 Å². The first-order valence-electron chi connectivity index (χ1n) is 5.78. The third-order valence-corrected chi connectivity index (χ3v) is 2.40. The lowest BCUT2D eigenvalue weighted by molar-refractivity contribution is -0.131. The summed E-state index contributed by atoms with van der Waals surface area (Å²) in [5.74, 6) is -0.345. The fourth-order valence-electron chi connectivity index (χ4n) is 1.47. The molecule has 0 fully saturated rings. The topological polar surface area (TPSA) is 59.4 Å². The number of aliphatic carboxylic acids is 1. The second kappa shape index (κ2) is 6.35. The van der Waals surface area contributed by atoms with Crippen molar-refractivity contribution in [2.24, 2.45) is 0 Å². The molecule has 0 aliphatic heterocycles. The zero-order chi connectivity index (χ0) is 13.5. The van der Waals surface area contributed by atoms with Crippen molar-refractivity contribution in [2.75, 3.05) is 0 Å². The van der Waals surface area contributed by atoms with E-state index in [0.717, 1.165) is 11.6 Å². The van der Waals surface area contributed by atoms with Gasteiger partial charge in [-0.05, 0) is 23.8 Å². The molecule has 19 heavy (non-hydrogen) atoms. The fourth-order valence-corrected chi connectivity index (χ4v) is 1.47. The summed E-state index contributed by atoms with van der Waals surface area (Å²) >= 11 is 0. The second-order valence-electron chi connectivity index (χ2n) is 3.86.